The number of hydrogen-bond acceptors (Lipinski definition) is 16. The van der Waals surface area contributed by atoms with Crippen molar-refractivity contribution in [3.63, 3.8) is 0 Å². The lowest BCUT2D eigenvalue weighted by molar-refractivity contribution is -0.191. The van der Waals surface area contributed by atoms with E-state index < -0.39 is 54.3 Å². The van der Waals surface area contributed by atoms with Crippen molar-refractivity contribution in [2.45, 2.75) is 182 Å². The number of thiazole rings is 1. The van der Waals surface area contributed by atoms with Gasteiger partial charge in [0.05, 0.1) is 31.3 Å². The molecule has 2 aromatic rings. The molecule has 9 atom stereocenters. The molecule has 0 radical (unpaired) electrons. The number of aliphatic hydroxyl groups is 1. The average Bonchev–Trinajstić information content (AvgIpc) is 3.89. The SMILES string of the molecule is CCCO[C@H](C[C@H](C(C)C)N(CCC)C(=O)[C@@H](NC(=O)[C@H]1CCCCN1C)[C@@H](C)CC)c1nc(C(=O)N[C@@H](Cc2ccc(O)cc2)C[C@H](C)C(=O)OCCCNC(=O)CCCC(=O)OCC(OC)OC(C)CO)cs1. The number of esters is 2. The maximum Gasteiger partial charge on any atom is 0.308 e. The van der Waals surface area contributed by atoms with Crippen molar-refractivity contribution in [2.24, 2.45) is 17.8 Å². The first-order valence-corrected chi connectivity index (χ1v) is 28.1. The van der Waals surface area contributed by atoms with Gasteiger partial charge in [-0.05, 0) is 101 Å². The molecule has 1 aromatic heterocycles. The molecule has 5 N–H and O–H groups in total. The van der Waals surface area contributed by atoms with Gasteiger partial charge in [-0.25, -0.2) is 4.98 Å². The van der Waals surface area contributed by atoms with Crippen molar-refractivity contribution in [1.29, 1.82) is 0 Å². The van der Waals surface area contributed by atoms with Crippen molar-refractivity contribution >= 4 is 46.9 Å². The molecule has 19 nitrogen and oxygen atoms in total. The number of amides is 4. The minimum Gasteiger partial charge on any atom is -0.508 e. The predicted octanol–water partition coefficient (Wildman–Crippen LogP) is 6.49. The number of rotatable bonds is 36. The van der Waals surface area contributed by atoms with E-state index in [1.165, 1.54) is 18.4 Å². The van der Waals surface area contributed by atoms with Crippen LogP contribution in [-0.2, 0) is 54.1 Å². The summed E-state index contributed by atoms with van der Waals surface area (Å²) in [4.78, 5) is 89.2. The highest BCUT2D eigenvalue weighted by Gasteiger charge is 2.38. The lowest BCUT2D eigenvalue weighted by atomic mass is 9.92. The van der Waals surface area contributed by atoms with E-state index in [0.29, 0.717) is 43.8 Å². The number of methoxy groups -OCH3 is 1. The van der Waals surface area contributed by atoms with Crippen LogP contribution in [0.3, 0.4) is 0 Å². The summed E-state index contributed by atoms with van der Waals surface area (Å²) in [5, 5.41) is 30.5. The highest BCUT2D eigenvalue weighted by atomic mass is 32.1. The molecule has 1 aromatic carbocycles. The highest BCUT2D eigenvalue weighted by molar-refractivity contribution is 7.09. The fourth-order valence-corrected chi connectivity index (χ4v) is 9.76. The van der Waals surface area contributed by atoms with E-state index in [0.717, 1.165) is 44.2 Å². The molecule has 1 fully saturated rings. The monoisotopic (exact) mass is 1070 g/mol. The molecule has 1 aliphatic heterocycles. The van der Waals surface area contributed by atoms with Crippen LogP contribution in [0.4, 0.5) is 0 Å². The number of likely N-dealkylation sites (N-methyl/N-ethyl adjacent to an activating group) is 1. The van der Waals surface area contributed by atoms with Crippen LogP contribution in [-0.4, -0.2) is 157 Å². The first kappa shape index (κ1) is 64.6. The van der Waals surface area contributed by atoms with Gasteiger partial charge in [0.2, 0.25) is 17.7 Å². The van der Waals surface area contributed by atoms with Crippen molar-refractivity contribution in [1.82, 2.24) is 30.7 Å². The van der Waals surface area contributed by atoms with Gasteiger partial charge in [-0.3, -0.25) is 33.7 Å². The Hall–Kier alpha value is -4.73. The van der Waals surface area contributed by atoms with E-state index >= 15 is 0 Å². The van der Waals surface area contributed by atoms with E-state index in [4.69, 9.17) is 33.8 Å². The average molecular weight is 1080 g/mol. The third kappa shape index (κ3) is 22.8. The Balaban J connectivity index is 1.66. The van der Waals surface area contributed by atoms with Gasteiger partial charge in [-0.1, -0.05) is 73.4 Å². The Morgan fingerprint density at radius 1 is 0.920 bits per heavy atom. The Bertz CT molecular complexity index is 2020. The second-order valence-corrected chi connectivity index (χ2v) is 21.1. The van der Waals surface area contributed by atoms with Crippen LogP contribution in [0.25, 0.3) is 0 Å². The molecule has 75 heavy (non-hydrogen) atoms. The lowest BCUT2D eigenvalue weighted by Crippen LogP contribution is -2.58. The largest absolute Gasteiger partial charge is 0.508 e. The zero-order chi connectivity index (χ0) is 55.5. The normalized spacial score (nSPS) is 17.1. The van der Waals surface area contributed by atoms with E-state index in [1.54, 1.807) is 43.5 Å². The number of phenolic OH excluding ortho intramolecular Hbond substituents is 1. The fraction of sp³-hybridized carbons (Fsp3) is 0.727. The Morgan fingerprint density at radius 2 is 1.65 bits per heavy atom. The molecule has 1 aliphatic rings. The Morgan fingerprint density at radius 3 is 2.29 bits per heavy atom. The van der Waals surface area contributed by atoms with Crippen LogP contribution in [0.1, 0.15) is 160 Å². The van der Waals surface area contributed by atoms with E-state index in [-0.39, 0.29) is 105 Å². The van der Waals surface area contributed by atoms with Crippen molar-refractivity contribution < 1.29 is 62.7 Å². The molecule has 0 spiro atoms. The quantitative estimate of drug-likeness (QED) is 0.0278. The van der Waals surface area contributed by atoms with Crippen LogP contribution >= 0.6 is 11.3 Å². The second-order valence-electron chi connectivity index (χ2n) is 20.3. The standard InChI is InChI=1S/C55H90N6O13S/c1-11-26-61(54(68)50(37(6)13-3)59-52(67)44-18-14-15-27-60(44)9)45(36(4)5)32-46(71-28-12-2)53-58-43(35-75-53)51(66)57-41(31-40-21-23-42(63)24-22-40)30-38(7)55(69)72-29-17-25-56-47(64)19-16-20-48(65)73-34-49(70-10)74-39(8)33-62/h21-24,35-39,41,44-46,49-50,62-63H,11-20,25-34H2,1-10H3,(H,56,64)(H,57,66)(H,59,67)/t37-,38-,39?,41+,44+,45+,46+,49?,50-/m0/s1. The number of piperidine rings is 1. The molecular weight excluding hydrogens is 985 g/mol. The van der Waals surface area contributed by atoms with Crippen LogP contribution in [0, 0.1) is 17.8 Å². The molecule has 3 rings (SSSR count). The number of nitrogens with zero attached hydrogens (tertiary/aromatic N) is 3. The van der Waals surface area contributed by atoms with Crippen LogP contribution in [0.2, 0.25) is 0 Å². The summed E-state index contributed by atoms with van der Waals surface area (Å²) < 4.78 is 27.7. The maximum absolute atomic E-state index is 14.8. The van der Waals surface area contributed by atoms with Gasteiger partial charge in [0.1, 0.15) is 35.2 Å². The number of aromatic hydroxyl groups is 1. The summed E-state index contributed by atoms with van der Waals surface area (Å²) in [6.45, 7) is 17.4. The summed E-state index contributed by atoms with van der Waals surface area (Å²) >= 11 is 1.32. The number of likely N-dealkylation sites (tertiary alicyclic amines) is 1. The summed E-state index contributed by atoms with van der Waals surface area (Å²) in [6.07, 6.45) is 4.89. The number of ether oxygens (including phenoxy) is 5. The van der Waals surface area contributed by atoms with E-state index in [2.05, 4.69) is 34.7 Å². The molecule has 2 heterocycles. The second kappa shape index (κ2) is 34.8. The minimum absolute atomic E-state index is 0.0199. The molecule has 0 saturated carbocycles. The number of hydrogen-bond donors (Lipinski definition) is 5. The third-order valence-corrected chi connectivity index (χ3v) is 14.5. The predicted molar refractivity (Wildman–Crippen MR) is 287 cm³/mol. The minimum atomic E-state index is -0.816. The molecule has 4 amide bonds. The topological polar surface area (TPSA) is 244 Å². The van der Waals surface area contributed by atoms with Gasteiger partial charge in [-0.2, -0.15) is 0 Å². The highest BCUT2D eigenvalue weighted by Crippen LogP contribution is 2.32. The first-order valence-electron chi connectivity index (χ1n) is 27.2. The summed E-state index contributed by atoms with van der Waals surface area (Å²) in [6, 6.07) is 4.89. The Kier molecular flexibility index (Phi) is 30.0. The van der Waals surface area contributed by atoms with Gasteiger partial charge in [0, 0.05) is 63.5 Å². The number of phenols is 1. The Labute approximate surface area is 449 Å². The smallest absolute Gasteiger partial charge is 0.308 e. The number of aromatic nitrogens is 1. The van der Waals surface area contributed by atoms with Crippen molar-refractivity contribution in [2.75, 3.05) is 60.2 Å². The van der Waals surface area contributed by atoms with E-state index in [1.807, 2.05) is 39.6 Å². The molecule has 2 unspecified atom stereocenters. The number of carbonyl (C=O) groups is 6. The number of nitrogens with one attached hydrogen (secondary N) is 3. The maximum atomic E-state index is 14.8. The van der Waals surface area contributed by atoms with Crippen molar-refractivity contribution in [3.05, 3.63) is 45.9 Å². The molecular formula is C55H90N6O13S. The van der Waals surface area contributed by atoms with Crippen LogP contribution < -0.4 is 16.0 Å². The lowest BCUT2D eigenvalue weighted by Gasteiger charge is -2.40. The summed E-state index contributed by atoms with van der Waals surface area (Å²) in [5.74, 6) is -2.46. The molecule has 1 saturated heterocycles. The molecule has 424 valence electrons. The van der Waals surface area contributed by atoms with Crippen LogP contribution in [0.15, 0.2) is 29.6 Å². The van der Waals surface area contributed by atoms with Gasteiger partial charge >= 0.3 is 11.9 Å². The van der Waals surface area contributed by atoms with Gasteiger partial charge in [-0.15, -0.1) is 11.3 Å². The third-order valence-electron chi connectivity index (χ3n) is 13.5. The summed E-state index contributed by atoms with van der Waals surface area (Å²) in [5.41, 5.74) is 1.03. The number of aliphatic hydroxyl groups excluding tert-OH is 1. The van der Waals surface area contributed by atoms with Gasteiger partial charge in [0.25, 0.3) is 5.91 Å². The number of carbonyl (C=O) groups excluding carboxylic acids is 6. The summed E-state index contributed by atoms with van der Waals surface area (Å²) in [7, 11) is 3.37. The molecule has 0 aliphatic carbocycles. The van der Waals surface area contributed by atoms with Gasteiger partial charge < -0.3 is 54.7 Å². The first-order chi connectivity index (χ1) is 35.8. The zero-order valence-corrected chi connectivity index (χ0v) is 47.3. The molecule has 20 heteroatoms. The number of benzene rings is 1. The fourth-order valence-electron chi connectivity index (χ4n) is 8.90. The van der Waals surface area contributed by atoms with Crippen LogP contribution in [0.5, 0.6) is 5.75 Å². The molecule has 0 bridgehead atoms. The zero-order valence-electron chi connectivity index (χ0n) is 46.4. The van der Waals surface area contributed by atoms with E-state index in [9.17, 15) is 33.9 Å². The van der Waals surface area contributed by atoms with Crippen molar-refractivity contribution in [3.8, 4) is 5.75 Å². The van der Waals surface area contributed by atoms with Gasteiger partial charge in [0.15, 0.2) is 6.29 Å².